The number of thiazole rings is 1. The van der Waals surface area contributed by atoms with Gasteiger partial charge in [-0.25, -0.2) is 4.98 Å². The summed E-state index contributed by atoms with van der Waals surface area (Å²) in [6, 6.07) is 0. The Bertz CT molecular complexity index is 161. The third-order valence-corrected chi connectivity index (χ3v) is 2.25. The second-order valence-electron chi connectivity index (χ2n) is 1.72. The third-order valence-electron chi connectivity index (χ3n) is 1.31. The SMILES string of the molecule is c1nc2c(s1)CC2. The molecule has 0 spiro atoms. The lowest BCUT2D eigenvalue weighted by atomic mass is 10.0. The molecule has 36 valence electrons. The minimum Gasteiger partial charge on any atom is -0.249 e. The van der Waals surface area contributed by atoms with Crippen molar-refractivity contribution in [3.05, 3.63) is 16.1 Å². The van der Waals surface area contributed by atoms with Crippen molar-refractivity contribution < 1.29 is 0 Å². The number of hydrogen-bond donors (Lipinski definition) is 0. The van der Waals surface area contributed by atoms with Gasteiger partial charge in [0.05, 0.1) is 11.2 Å². The Morgan fingerprint density at radius 3 is 2.86 bits per heavy atom. The van der Waals surface area contributed by atoms with E-state index in [0.29, 0.717) is 0 Å². The van der Waals surface area contributed by atoms with Crippen LogP contribution in [0.25, 0.3) is 0 Å². The van der Waals surface area contributed by atoms with Crippen LogP contribution in [0, 0.1) is 0 Å². The largest absolute Gasteiger partial charge is 0.249 e. The van der Waals surface area contributed by atoms with Crippen LogP contribution in [0.15, 0.2) is 5.51 Å². The van der Waals surface area contributed by atoms with E-state index in [9.17, 15) is 0 Å². The van der Waals surface area contributed by atoms with E-state index in [4.69, 9.17) is 0 Å². The molecule has 0 saturated carbocycles. The molecular formula is C5H5NS. The molecule has 1 aromatic rings. The Morgan fingerprint density at radius 2 is 2.57 bits per heavy atom. The minimum atomic E-state index is 1.22. The highest BCUT2D eigenvalue weighted by Gasteiger charge is 2.14. The van der Waals surface area contributed by atoms with Crippen LogP contribution in [-0.4, -0.2) is 4.98 Å². The summed E-state index contributed by atoms with van der Waals surface area (Å²) in [5, 5.41) is 0. The van der Waals surface area contributed by atoms with E-state index in [1.54, 1.807) is 11.3 Å². The molecule has 1 aromatic heterocycles. The maximum atomic E-state index is 4.12. The Morgan fingerprint density at radius 1 is 1.57 bits per heavy atom. The third kappa shape index (κ3) is 0.347. The average molecular weight is 111 g/mol. The number of aromatic nitrogens is 1. The first-order chi connectivity index (χ1) is 3.47. The number of hydrogen-bond acceptors (Lipinski definition) is 2. The maximum Gasteiger partial charge on any atom is 0.0797 e. The van der Waals surface area contributed by atoms with Crippen molar-refractivity contribution in [3.63, 3.8) is 0 Å². The van der Waals surface area contributed by atoms with Gasteiger partial charge >= 0.3 is 0 Å². The second kappa shape index (κ2) is 1.07. The standard InChI is InChI=1S/C5H5NS/c1-2-5-4(1)6-3-7-5/h3H,1-2H2. The molecule has 2 rings (SSSR count). The monoisotopic (exact) mass is 111 g/mol. The number of rotatable bonds is 0. The van der Waals surface area contributed by atoms with Crippen LogP contribution in [0.5, 0.6) is 0 Å². The molecule has 0 atom stereocenters. The highest BCUT2D eigenvalue weighted by Crippen LogP contribution is 2.24. The molecule has 1 nitrogen and oxygen atoms in total. The molecule has 0 saturated heterocycles. The lowest BCUT2D eigenvalue weighted by Crippen LogP contribution is -2.03. The first-order valence-corrected chi connectivity index (χ1v) is 3.26. The van der Waals surface area contributed by atoms with Gasteiger partial charge in [0.1, 0.15) is 0 Å². The van der Waals surface area contributed by atoms with Gasteiger partial charge in [0.25, 0.3) is 0 Å². The van der Waals surface area contributed by atoms with Gasteiger partial charge in [-0.3, -0.25) is 0 Å². The van der Waals surface area contributed by atoms with Crippen molar-refractivity contribution in [2.75, 3.05) is 0 Å². The van der Waals surface area contributed by atoms with E-state index < -0.39 is 0 Å². The summed E-state index contributed by atoms with van der Waals surface area (Å²) in [5.74, 6) is 0. The van der Waals surface area contributed by atoms with E-state index in [-0.39, 0.29) is 0 Å². The summed E-state index contributed by atoms with van der Waals surface area (Å²) in [5.41, 5.74) is 3.27. The molecule has 0 unspecified atom stereocenters. The van der Waals surface area contributed by atoms with Gasteiger partial charge in [-0.15, -0.1) is 11.3 Å². The zero-order valence-corrected chi connectivity index (χ0v) is 4.66. The number of nitrogens with zero attached hydrogens (tertiary/aromatic N) is 1. The molecular weight excluding hydrogens is 106 g/mol. The van der Waals surface area contributed by atoms with Crippen LogP contribution in [0.3, 0.4) is 0 Å². The van der Waals surface area contributed by atoms with E-state index in [0.717, 1.165) is 0 Å². The van der Waals surface area contributed by atoms with Crippen LogP contribution in [0.2, 0.25) is 0 Å². The van der Waals surface area contributed by atoms with Gasteiger partial charge in [-0.05, 0) is 12.8 Å². The van der Waals surface area contributed by atoms with Crippen LogP contribution in [-0.2, 0) is 12.8 Å². The Hall–Kier alpha value is -0.370. The molecule has 0 N–H and O–H groups in total. The molecule has 1 aliphatic carbocycles. The molecule has 0 amide bonds. The molecule has 0 radical (unpaired) electrons. The predicted octanol–water partition coefficient (Wildman–Crippen LogP) is 1.24. The topological polar surface area (TPSA) is 12.9 Å². The number of fused-ring (bicyclic) bond motifs is 1. The summed E-state index contributed by atoms with van der Waals surface area (Å²) >= 11 is 1.78. The lowest BCUT2D eigenvalue weighted by Gasteiger charge is -2.07. The summed E-state index contributed by atoms with van der Waals surface area (Å²) in [7, 11) is 0. The predicted molar refractivity (Wildman–Crippen MR) is 29.5 cm³/mol. The molecule has 0 bridgehead atoms. The van der Waals surface area contributed by atoms with Crippen LogP contribution < -0.4 is 0 Å². The molecule has 2 heteroatoms. The highest BCUT2D eigenvalue weighted by atomic mass is 32.1. The normalized spacial score (nSPS) is 15.4. The zero-order valence-electron chi connectivity index (χ0n) is 3.85. The van der Waals surface area contributed by atoms with E-state index >= 15 is 0 Å². The molecule has 1 heterocycles. The molecule has 7 heavy (non-hydrogen) atoms. The molecule has 0 aromatic carbocycles. The first kappa shape index (κ1) is 3.61. The maximum absolute atomic E-state index is 4.12. The van der Waals surface area contributed by atoms with Crippen molar-refractivity contribution in [1.82, 2.24) is 4.98 Å². The van der Waals surface area contributed by atoms with Gasteiger partial charge in [0.2, 0.25) is 0 Å². The first-order valence-electron chi connectivity index (χ1n) is 2.38. The fraction of sp³-hybridized carbons (Fsp3) is 0.400. The van der Waals surface area contributed by atoms with E-state index in [1.807, 2.05) is 5.51 Å². The minimum absolute atomic E-state index is 1.22. The highest BCUT2D eigenvalue weighted by molar-refractivity contribution is 7.09. The lowest BCUT2D eigenvalue weighted by molar-refractivity contribution is 0.827. The van der Waals surface area contributed by atoms with Crippen LogP contribution in [0.4, 0.5) is 0 Å². The molecule has 0 aliphatic heterocycles. The van der Waals surface area contributed by atoms with Crippen LogP contribution >= 0.6 is 11.3 Å². The van der Waals surface area contributed by atoms with Crippen LogP contribution in [0.1, 0.15) is 10.6 Å². The summed E-state index contributed by atoms with van der Waals surface area (Å²) < 4.78 is 0. The van der Waals surface area contributed by atoms with E-state index in [1.165, 1.54) is 23.4 Å². The van der Waals surface area contributed by atoms with Crippen molar-refractivity contribution >= 4 is 11.3 Å². The Labute approximate surface area is 46.0 Å². The van der Waals surface area contributed by atoms with Crippen molar-refractivity contribution in [1.29, 1.82) is 0 Å². The summed E-state index contributed by atoms with van der Waals surface area (Å²) in [4.78, 5) is 5.62. The van der Waals surface area contributed by atoms with Gasteiger partial charge in [0, 0.05) is 4.88 Å². The Balaban J connectivity index is 2.69. The van der Waals surface area contributed by atoms with Gasteiger partial charge in [-0.1, -0.05) is 0 Å². The average Bonchev–Trinajstić information content (AvgIpc) is 1.85. The van der Waals surface area contributed by atoms with Crippen molar-refractivity contribution in [2.45, 2.75) is 12.8 Å². The number of aryl methyl sites for hydroxylation is 2. The fourth-order valence-electron chi connectivity index (χ4n) is 0.756. The van der Waals surface area contributed by atoms with E-state index in [2.05, 4.69) is 4.98 Å². The smallest absolute Gasteiger partial charge is 0.0797 e. The van der Waals surface area contributed by atoms with Gasteiger partial charge in [-0.2, -0.15) is 0 Å². The quantitative estimate of drug-likeness (QED) is 0.491. The molecule has 1 aliphatic rings. The van der Waals surface area contributed by atoms with Gasteiger partial charge < -0.3 is 0 Å². The summed E-state index contributed by atoms with van der Waals surface area (Å²) in [6.07, 6.45) is 2.50. The van der Waals surface area contributed by atoms with Crippen molar-refractivity contribution in [3.8, 4) is 0 Å². The zero-order chi connectivity index (χ0) is 4.69. The molecule has 0 fully saturated rings. The Kier molecular flexibility index (Phi) is 0.551. The van der Waals surface area contributed by atoms with Gasteiger partial charge in [0.15, 0.2) is 0 Å². The summed E-state index contributed by atoms with van der Waals surface area (Å²) in [6.45, 7) is 0. The van der Waals surface area contributed by atoms with Crippen molar-refractivity contribution in [2.24, 2.45) is 0 Å². The second-order valence-corrected chi connectivity index (χ2v) is 2.66. The fourth-order valence-corrected chi connectivity index (χ4v) is 1.57.